The van der Waals surface area contributed by atoms with Gasteiger partial charge in [-0.15, -0.1) is 0 Å². The van der Waals surface area contributed by atoms with Gasteiger partial charge in [0.1, 0.15) is 13.2 Å². The SMILES string of the molecule is O=C(OCc1ccccc1)N1C[C@H]2CC[C@@H]3C[C@H]2[C@](COCc2ccccc2)(C1)CN3C(=O)OCc1ccccc1. The molecule has 2 amide bonds. The number of hydrogen-bond donors (Lipinski definition) is 0. The van der Waals surface area contributed by atoms with Crippen molar-refractivity contribution < 1.29 is 23.8 Å². The van der Waals surface area contributed by atoms with Crippen molar-refractivity contribution in [2.24, 2.45) is 17.3 Å². The van der Waals surface area contributed by atoms with Gasteiger partial charge in [-0.25, -0.2) is 9.59 Å². The molecule has 0 radical (unpaired) electrons. The molecule has 3 aromatic rings. The zero-order chi connectivity index (χ0) is 28.1. The number of ether oxygens (including phenoxy) is 3. The summed E-state index contributed by atoms with van der Waals surface area (Å²) in [6.07, 6.45) is 2.19. The van der Waals surface area contributed by atoms with E-state index in [4.69, 9.17) is 14.2 Å². The van der Waals surface area contributed by atoms with Crippen LogP contribution < -0.4 is 0 Å². The summed E-state index contributed by atoms with van der Waals surface area (Å²) in [7, 11) is 0. The number of fused-ring (bicyclic) bond motifs is 1. The van der Waals surface area contributed by atoms with E-state index >= 15 is 0 Å². The number of nitrogens with zero attached hydrogens (tertiary/aromatic N) is 2. The molecule has 2 saturated heterocycles. The standard InChI is InChI=1S/C34H38N2O5/c37-32(40-21-27-12-6-2-7-13-27)35-19-29-16-17-30-18-31(29)34(23-35,25-39-20-26-10-4-1-5-11-26)24-36(30)33(38)41-22-28-14-8-3-9-15-28/h1-15,29-31H,16-25H2/t29-,30-,31-,34-/m1/s1. The number of carbonyl (C=O) groups excluding carboxylic acids is 2. The fraction of sp³-hybridized carbons (Fsp3) is 0.412. The number of piperidine rings is 2. The highest BCUT2D eigenvalue weighted by Crippen LogP contribution is 2.52. The Morgan fingerprint density at radius 2 is 1.27 bits per heavy atom. The Bertz CT molecular complexity index is 1300. The normalized spacial score (nSPS) is 24.9. The first-order chi connectivity index (χ1) is 20.1. The maximum Gasteiger partial charge on any atom is 0.410 e. The number of likely N-dealkylation sites (tertiary alicyclic amines) is 2. The van der Waals surface area contributed by atoms with Gasteiger partial charge in [-0.2, -0.15) is 0 Å². The predicted molar refractivity (Wildman–Crippen MR) is 155 cm³/mol. The van der Waals surface area contributed by atoms with E-state index in [0.29, 0.717) is 44.7 Å². The first-order valence-corrected chi connectivity index (χ1v) is 14.6. The zero-order valence-corrected chi connectivity index (χ0v) is 23.4. The molecule has 0 unspecified atom stereocenters. The van der Waals surface area contributed by atoms with Crippen LogP contribution in [0.25, 0.3) is 0 Å². The van der Waals surface area contributed by atoms with Gasteiger partial charge in [0.25, 0.3) is 0 Å². The number of rotatable bonds is 8. The molecule has 1 saturated carbocycles. The van der Waals surface area contributed by atoms with Gasteiger partial charge in [-0.3, -0.25) is 0 Å². The second kappa shape index (κ2) is 12.4. The third-order valence-electron chi connectivity index (χ3n) is 9.04. The van der Waals surface area contributed by atoms with E-state index in [2.05, 4.69) is 12.1 Å². The molecule has 7 heteroatoms. The average Bonchev–Trinajstić information content (AvgIpc) is 3.03. The number of hydrogen-bond acceptors (Lipinski definition) is 5. The zero-order valence-electron chi connectivity index (χ0n) is 23.4. The minimum Gasteiger partial charge on any atom is -0.445 e. The van der Waals surface area contributed by atoms with Crippen LogP contribution in [0.1, 0.15) is 36.0 Å². The Balaban J connectivity index is 1.20. The van der Waals surface area contributed by atoms with Crippen LogP contribution in [-0.2, 0) is 34.0 Å². The minimum absolute atomic E-state index is 0.151. The molecule has 0 N–H and O–H groups in total. The van der Waals surface area contributed by atoms with Crippen molar-refractivity contribution in [3.63, 3.8) is 0 Å². The fourth-order valence-electron chi connectivity index (χ4n) is 7.05. The molecule has 2 heterocycles. The summed E-state index contributed by atoms with van der Waals surface area (Å²) < 4.78 is 18.0. The highest BCUT2D eigenvalue weighted by Gasteiger charge is 2.57. The molecule has 7 nitrogen and oxygen atoms in total. The van der Waals surface area contributed by atoms with Crippen LogP contribution in [0.4, 0.5) is 9.59 Å². The van der Waals surface area contributed by atoms with Gasteiger partial charge in [0.05, 0.1) is 13.2 Å². The summed E-state index contributed by atoms with van der Waals surface area (Å²) >= 11 is 0. The van der Waals surface area contributed by atoms with Crippen molar-refractivity contribution in [1.29, 1.82) is 0 Å². The van der Waals surface area contributed by atoms with Gasteiger partial charge in [0.2, 0.25) is 0 Å². The van der Waals surface area contributed by atoms with Crippen LogP contribution in [0.2, 0.25) is 0 Å². The van der Waals surface area contributed by atoms with Crippen LogP contribution in [0, 0.1) is 17.3 Å². The lowest BCUT2D eigenvalue weighted by molar-refractivity contribution is -0.140. The maximum atomic E-state index is 13.5. The molecule has 4 atom stereocenters. The van der Waals surface area contributed by atoms with Crippen molar-refractivity contribution in [2.45, 2.75) is 45.1 Å². The lowest BCUT2D eigenvalue weighted by Gasteiger charge is -2.60. The smallest absolute Gasteiger partial charge is 0.410 e. The van der Waals surface area contributed by atoms with E-state index in [-0.39, 0.29) is 31.4 Å². The van der Waals surface area contributed by atoms with E-state index in [1.807, 2.05) is 88.7 Å². The molecule has 3 aliphatic rings. The van der Waals surface area contributed by atoms with Gasteiger partial charge in [0, 0.05) is 31.1 Å². The highest BCUT2D eigenvalue weighted by molar-refractivity contribution is 5.69. The lowest BCUT2D eigenvalue weighted by atomic mass is 9.57. The van der Waals surface area contributed by atoms with E-state index in [1.54, 1.807) is 0 Å². The van der Waals surface area contributed by atoms with Crippen LogP contribution in [0.3, 0.4) is 0 Å². The molecule has 2 bridgehead atoms. The quantitative estimate of drug-likeness (QED) is 0.328. The summed E-state index contributed by atoms with van der Waals surface area (Å²) in [6, 6.07) is 29.8. The topological polar surface area (TPSA) is 68.3 Å². The molecule has 1 aliphatic carbocycles. The third kappa shape index (κ3) is 6.25. The number of carbonyl (C=O) groups is 2. The Morgan fingerprint density at radius 1 is 0.707 bits per heavy atom. The van der Waals surface area contributed by atoms with Crippen molar-refractivity contribution in [1.82, 2.24) is 9.80 Å². The summed E-state index contributed by atoms with van der Waals surface area (Å²) in [6.45, 7) is 3.10. The Hall–Kier alpha value is -3.84. The molecule has 2 aliphatic heterocycles. The van der Waals surface area contributed by atoms with E-state index in [9.17, 15) is 9.59 Å². The van der Waals surface area contributed by atoms with Crippen LogP contribution in [0.15, 0.2) is 91.0 Å². The molecule has 3 fully saturated rings. The molecule has 214 valence electrons. The van der Waals surface area contributed by atoms with Crippen LogP contribution >= 0.6 is 0 Å². The number of benzene rings is 3. The molecule has 0 spiro atoms. The highest BCUT2D eigenvalue weighted by atomic mass is 16.6. The third-order valence-corrected chi connectivity index (χ3v) is 9.04. The van der Waals surface area contributed by atoms with Gasteiger partial charge in [-0.1, -0.05) is 91.0 Å². The van der Waals surface area contributed by atoms with Gasteiger partial charge in [-0.05, 0) is 47.8 Å². The van der Waals surface area contributed by atoms with Crippen LogP contribution in [-0.4, -0.2) is 54.3 Å². The minimum atomic E-state index is -0.397. The Kier molecular flexibility index (Phi) is 8.23. The first-order valence-electron chi connectivity index (χ1n) is 14.6. The predicted octanol–water partition coefficient (Wildman–Crippen LogP) is 6.28. The summed E-state index contributed by atoms with van der Waals surface area (Å²) in [4.78, 5) is 30.7. The maximum absolute atomic E-state index is 13.5. The Labute approximate surface area is 242 Å². The molecular formula is C34H38N2O5. The second-order valence-corrected chi connectivity index (χ2v) is 11.8. The first kappa shape index (κ1) is 27.3. The van der Waals surface area contributed by atoms with Crippen LogP contribution in [0.5, 0.6) is 0 Å². The summed E-state index contributed by atoms with van der Waals surface area (Å²) in [5.74, 6) is 0.723. The largest absolute Gasteiger partial charge is 0.445 e. The second-order valence-electron chi connectivity index (χ2n) is 11.8. The lowest BCUT2D eigenvalue weighted by Crippen LogP contribution is -2.68. The van der Waals surface area contributed by atoms with Crippen molar-refractivity contribution in [2.75, 3.05) is 26.2 Å². The molecular weight excluding hydrogens is 516 g/mol. The van der Waals surface area contributed by atoms with E-state index in [1.165, 1.54) is 0 Å². The molecule has 3 aromatic carbocycles. The summed E-state index contributed by atoms with van der Waals surface area (Å²) in [5, 5.41) is 0. The van der Waals surface area contributed by atoms with E-state index < -0.39 is 5.41 Å². The fourth-order valence-corrected chi connectivity index (χ4v) is 7.05. The van der Waals surface area contributed by atoms with Crippen molar-refractivity contribution in [3.8, 4) is 0 Å². The number of amides is 2. The monoisotopic (exact) mass is 554 g/mol. The molecule has 6 rings (SSSR count). The van der Waals surface area contributed by atoms with Crippen molar-refractivity contribution >= 4 is 12.2 Å². The molecule has 0 aromatic heterocycles. The Morgan fingerprint density at radius 3 is 1.88 bits per heavy atom. The van der Waals surface area contributed by atoms with Gasteiger partial charge >= 0.3 is 12.2 Å². The average molecular weight is 555 g/mol. The summed E-state index contributed by atoms with van der Waals surface area (Å²) in [5.41, 5.74) is 2.63. The van der Waals surface area contributed by atoms with Gasteiger partial charge < -0.3 is 24.0 Å². The van der Waals surface area contributed by atoms with Crippen molar-refractivity contribution in [3.05, 3.63) is 108 Å². The van der Waals surface area contributed by atoms with E-state index in [0.717, 1.165) is 36.0 Å². The molecule has 41 heavy (non-hydrogen) atoms. The van der Waals surface area contributed by atoms with Gasteiger partial charge in [0.15, 0.2) is 0 Å².